The van der Waals surface area contributed by atoms with Gasteiger partial charge in [0.2, 0.25) is 0 Å². The van der Waals surface area contributed by atoms with Gasteiger partial charge in [-0.15, -0.1) is 11.3 Å². The summed E-state index contributed by atoms with van der Waals surface area (Å²) in [5.41, 5.74) is 5.73. The predicted octanol–water partition coefficient (Wildman–Crippen LogP) is 1.12. The standard InChI is InChI=1S/C11H16ClN3OS/c1-14-4-5-15(8(6-13)7-14)11(16)9-2-3-10(12)17-9/h2-3,8H,4-7,13H2,1H3. The molecule has 6 heteroatoms. The summed E-state index contributed by atoms with van der Waals surface area (Å²) in [5, 5.41) is 0. The number of thiophene rings is 1. The van der Waals surface area contributed by atoms with Crippen LogP contribution in [0.4, 0.5) is 0 Å². The van der Waals surface area contributed by atoms with Crippen molar-refractivity contribution in [3.63, 3.8) is 0 Å². The lowest BCUT2D eigenvalue weighted by molar-refractivity contribution is 0.0521. The highest BCUT2D eigenvalue weighted by atomic mass is 35.5. The van der Waals surface area contributed by atoms with Crippen molar-refractivity contribution >= 4 is 28.8 Å². The van der Waals surface area contributed by atoms with Crippen LogP contribution in [0.1, 0.15) is 9.67 Å². The van der Waals surface area contributed by atoms with E-state index in [1.165, 1.54) is 11.3 Å². The van der Waals surface area contributed by atoms with Gasteiger partial charge in [0.25, 0.3) is 5.91 Å². The second-order valence-electron chi connectivity index (χ2n) is 4.25. The van der Waals surface area contributed by atoms with Crippen LogP contribution in [-0.4, -0.2) is 55.0 Å². The molecule has 1 fully saturated rings. The van der Waals surface area contributed by atoms with E-state index in [1.807, 2.05) is 11.9 Å². The van der Waals surface area contributed by atoms with E-state index in [-0.39, 0.29) is 11.9 Å². The van der Waals surface area contributed by atoms with Gasteiger partial charge in [-0.25, -0.2) is 0 Å². The highest BCUT2D eigenvalue weighted by molar-refractivity contribution is 7.17. The molecular weight excluding hydrogens is 258 g/mol. The Bertz CT molecular complexity index is 409. The van der Waals surface area contributed by atoms with Crippen LogP contribution in [0.3, 0.4) is 0 Å². The number of hydrogen-bond acceptors (Lipinski definition) is 4. The van der Waals surface area contributed by atoms with E-state index in [0.29, 0.717) is 15.8 Å². The number of nitrogens with zero attached hydrogens (tertiary/aromatic N) is 2. The number of piperazine rings is 1. The normalized spacial score (nSPS) is 21.8. The topological polar surface area (TPSA) is 49.6 Å². The molecule has 1 amide bonds. The lowest BCUT2D eigenvalue weighted by Crippen LogP contribution is -2.56. The summed E-state index contributed by atoms with van der Waals surface area (Å²) in [7, 11) is 2.05. The molecular formula is C11H16ClN3OS. The molecule has 0 aromatic carbocycles. The van der Waals surface area contributed by atoms with Gasteiger partial charge < -0.3 is 15.5 Å². The SMILES string of the molecule is CN1CCN(C(=O)c2ccc(Cl)s2)C(CN)C1. The average Bonchev–Trinajstić information content (AvgIpc) is 2.75. The second-order valence-corrected chi connectivity index (χ2v) is 5.97. The molecule has 0 bridgehead atoms. The Morgan fingerprint density at radius 1 is 1.59 bits per heavy atom. The number of halogens is 1. The number of nitrogens with two attached hydrogens (primary N) is 1. The van der Waals surface area contributed by atoms with Crippen LogP contribution in [0.15, 0.2) is 12.1 Å². The minimum absolute atomic E-state index is 0.0467. The van der Waals surface area contributed by atoms with Crippen molar-refractivity contribution in [3.05, 3.63) is 21.3 Å². The van der Waals surface area contributed by atoms with Crippen molar-refractivity contribution in [1.82, 2.24) is 9.80 Å². The zero-order valence-electron chi connectivity index (χ0n) is 9.73. The van der Waals surface area contributed by atoms with Crippen LogP contribution in [0.5, 0.6) is 0 Å². The highest BCUT2D eigenvalue weighted by Crippen LogP contribution is 2.24. The number of carbonyl (C=O) groups excluding carboxylic acids is 1. The summed E-state index contributed by atoms with van der Waals surface area (Å²) in [6.07, 6.45) is 0. The van der Waals surface area contributed by atoms with Crippen LogP contribution in [0, 0.1) is 0 Å². The zero-order valence-corrected chi connectivity index (χ0v) is 11.3. The van der Waals surface area contributed by atoms with Crippen molar-refractivity contribution in [3.8, 4) is 0 Å². The lowest BCUT2D eigenvalue weighted by atomic mass is 10.1. The van der Waals surface area contributed by atoms with Crippen molar-refractivity contribution in [1.29, 1.82) is 0 Å². The molecule has 1 atom stereocenters. The number of hydrogen-bond donors (Lipinski definition) is 1. The molecule has 17 heavy (non-hydrogen) atoms. The van der Waals surface area contributed by atoms with Crippen LogP contribution in [0.2, 0.25) is 4.34 Å². The maximum Gasteiger partial charge on any atom is 0.264 e. The van der Waals surface area contributed by atoms with Gasteiger partial charge >= 0.3 is 0 Å². The summed E-state index contributed by atoms with van der Waals surface area (Å²) >= 11 is 7.17. The van der Waals surface area contributed by atoms with E-state index in [0.717, 1.165) is 19.6 Å². The maximum atomic E-state index is 12.3. The fourth-order valence-corrected chi connectivity index (χ4v) is 3.05. The molecule has 2 heterocycles. The van der Waals surface area contributed by atoms with Gasteiger partial charge in [0.05, 0.1) is 15.3 Å². The number of rotatable bonds is 2. The maximum absolute atomic E-state index is 12.3. The molecule has 0 aliphatic carbocycles. The Morgan fingerprint density at radius 2 is 2.35 bits per heavy atom. The summed E-state index contributed by atoms with van der Waals surface area (Å²) in [6.45, 7) is 2.95. The van der Waals surface area contributed by atoms with Gasteiger partial charge in [0, 0.05) is 26.2 Å². The molecule has 1 aromatic rings. The Morgan fingerprint density at radius 3 is 2.94 bits per heavy atom. The average molecular weight is 274 g/mol. The van der Waals surface area contributed by atoms with Gasteiger partial charge in [-0.2, -0.15) is 0 Å². The minimum Gasteiger partial charge on any atom is -0.331 e. The van der Waals surface area contributed by atoms with E-state index in [2.05, 4.69) is 4.90 Å². The minimum atomic E-state index is 0.0467. The molecule has 4 nitrogen and oxygen atoms in total. The number of likely N-dealkylation sites (N-methyl/N-ethyl adjacent to an activating group) is 1. The number of carbonyl (C=O) groups is 1. The zero-order chi connectivity index (χ0) is 12.4. The first-order valence-corrected chi connectivity index (χ1v) is 6.76. The predicted molar refractivity (Wildman–Crippen MR) is 70.7 cm³/mol. The fourth-order valence-electron chi connectivity index (χ4n) is 2.05. The van der Waals surface area contributed by atoms with E-state index in [9.17, 15) is 4.79 Å². The van der Waals surface area contributed by atoms with E-state index in [4.69, 9.17) is 17.3 Å². The van der Waals surface area contributed by atoms with Crippen LogP contribution < -0.4 is 5.73 Å². The van der Waals surface area contributed by atoms with Gasteiger partial charge in [-0.05, 0) is 19.2 Å². The summed E-state index contributed by atoms with van der Waals surface area (Å²) < 4.78 is 0.645. The molecule has 1 unspecified atom stereocenters. The molecule has 94 valence electrons. The van der Waals surface area contributed by atoms with Crippen molar-refractivity contribution < 1.29 is 4.79 Å². The number of amides is 1. The second kappa shape index (κ2) is 5.35. The third-order valence-corrected chi connectivity index (χ3v) is 4.22. The third-order valence-electron chi connectivity index (χ3n) is 3.00. The van der Waals surface area contributed by atoms with Gasteiger partial charge in [0.15, 0.2) is 0 Å². The molecule has 1 aliphatic rings. The quantitative estimate of drug-likeness (QED) is 0.878. The Hall–Kier alpha value is -0.620. The van der Waals surface area contributed by atoms with Gasteiger partial charge in [0.1, 0.15) is 0 Å². The van der Waals surface area contributed by atoms with E-state index >= 15 is 0 Å². The van der Waals surface area contributed by atoms with Crippen LogP contribution in [0.25, 0.3) is 0 Å². The van der Waals surface area contributed by atoms with E-state index < -0.39 is 0 Å². The molecule has 0 spiro atoms. The monoisotopic (exact) mass is 273 g/mol. The Kier molecular flexibility index (Phi) is 4.04. The molecule has 1 saturated heterocycles. The summed E-state index contributed by atoms with van der Waals surface area (Å²) in [6, 6.07) is 3.64. The van der Waals surface area contributed by atoms with E-state index in [1.54, 1.807) is 12.1 Å². The summed E-state index contributed by atoms with van der Waals surface area (Å²) in [4.78, 5) is 17.0. The third kappa shape index (κ3) is 2.80. The lowest BCUT2D eigenvalue weighted by Gasteiger charge is -2.39. The molecule has 2 N–H and O–H groups in total. The van der Waals surface area contributed by atoms with Crippen molar-refractivity contribution in [2.45, 2.75) is 6.04 Å². The first-order chi connectivity index (χ1) is 8.11. The molecule has 1 aliphatic heterocycles. The first-order valence-electron chi connectivity index (χ1n) is 5.56. The van der Waals surface area contributed by atoms with Crippen molar-refractivity contribution in [2.24, 2.45) is 5.73 Å². The van der Waals surface area contributed by atoms with Crippen LogP contribution in [-0.2, 0) is 0 Å². The molecule has 0 saturated carbocycles. The molecule has 1 aromatic heterocycles. The van der Waals surface area contributed by atoms with Crippen LogP contribution >= 0.6 is 22.9 Å². The van der Waals surface area contributed by atoms with Crippen molar-refractivity contribution in [2.75, 3.05) is 33.2 Å². The highest BCUT2D eigenvalue weighted by Gasteiger charge is 2.29. The smallest absolute Gasteiger partial charge is 0.264 e. The fraction of sp³-hybridized carbons (Fsp3) is 0.545. The molecule has 2 rings (SSSR count). The first kappa shape index (κ1) is 12.8. The molecule has 0 radical (unpaired) electrons. The Labute approximate surface area is 110 Å². The Balaban J connectivity index is 2.13. The largest absolute Gasteiger partial charge is 0.331 e. The van der Waals surface area contributed by atoms with Gasteiger partial charge in [-0.3, -0.25) is 4.79 Å². The summed E-state index contributed by atoms with van der Waals surface area (Å²) in [5.74, 6) is 0.0467. The van der Waals surface area contributed by atoms with Gasteiger partial charge in [-0.1, -0.05) is 11.6 Å².